The van der Waals surface area contributed by atoms with Crippen molar-refractivity contribution in [2.24, 2.45) is 0 Å². The molecule has 1 aromatic carbocycles. The van der Waals surface area contributed by atoms with Crippen molar-refractivity contribution >= 4 is 17.0 Å². The van der Waals surface area contributed by atoms with Crippen LogP contribution in [0.25, 0.3) is 11.0 Å². The molecule has 0 aliphatic heterocycles. The van der Waals surface area contributed by atoms with E-state index in [1.165, 1.54) is 0 Å². The maximum absolute atomic E-state index is 8.86. The number of fused-ring (bicyclic) bond motifs is 1. The van der Waals surface area contributed by atoms with Crippen LogP contribution in [0.5, 0.6) is 5.75 Å². The number of hydrogen-bond donors (Lipinski definition) is 2. The van der Waals surface area contributed by atoms with Crippen LogP contribution in [0, 0.1) is 0 Å². The first kappa shape index (κ1) is 12.7. The number of nitrogens with one attached hydrogen (secondary N) is 1. The van der Waals surface area contributed by atoms with Gasteiger partial charge in [0.15, 0.2) is 0 Å². The molecule has 0 aliphatic carbocycles. The van der Waals surface area contributed by atoms with Gasteiger partial charge in [0.25, 0.3) is 0 Å². The number of hydrogen-bond acceptors (Lipinski definition) is 4. The summed E-state index contributed by atoms with van der Waals surface area (Å²) in [5.74, 6) is 1.62. The zero-order valence-electron chi connectivity index (χ0n) is 10.8. The smallest absolute Gasteiger partial charge is 0.203 e. The summed E-state index contributed by atoms with van der Waals surface area (Å²) < 4.78 is 7.55. The van der Waals surface area contributed by atoms with Gasteiger partial charge in [0.05, 0.1) is 24.2 Å². The van der Waals surface area contributed by atoms with Gasteiger partial charge in [-0.1, -0.05) is 0 Å². The lowest BCUT2D eigenvalue weighted by atomic mass is 10.3. The summed E-state index contributed by atoms with van der Waals surface area (Å²) >= 11 is 0. The quantitative estimate of drug-likeness (QED) is 0.820. The minimum atomic E-state index is 0.0944. The first-order valence-electron chi connectivity index (χ1n) is 6.28. The summed E-state index contributed by atoms with van der Waals surface area (Å²) in [6.45, 7) is 6.11. The molecule has 0 aliphatic rings. The maximum atomic E-state index is 8.86. The van der Waals surface area contributed by atoms with E-state index in [1.807, 2.05) is 25.1 Å². The topological polar surface area (TPSA) is 59.3 Å². The van der Waals surface area contributed by atoms with Gasteiger partial charge in [-0.3, -0.25) is 0 Å². The number of anilines is 1. The third-order valence-electron chi connectivity index (χ3n) is 2.74. The number of rotatable bonds is 6. The van der Waals surface area contributed by atoms with Crippen molar-refractivity contribution in [1.29, 1.82) is 0 Å². The van der Waals surface area contributed by atoms with Crippen LogP contribution < -0.4 is 10.1 Å². The Morgan fingerprint density at radius 2 is 2.22 bits per heavy atom. The normalized spacial score (nSPS) is 10.8. The number of aliphatic hydroxyl groups is 1. The molecular weight excluding hydrogens is 230 g/mol. The molecule has 18 heavy (non-hydrogen) atoms. The molecule has 5 heteroatoms. The molecule has 0 fully saturated rings. The molecule has 0 amide bonds. The van der Waals surface area contributed by atoms with Gasteiger partial charge in [0.2, 0.25) is 5.95 Å². The highest BCUT2D eigenvalue weighted by Gasteiger charge is 2.09. The van der Waals surface area contributed by atoms with Gasteiger partial charge >= 0.3 is 0 Å². The Kier molecular flexibility index (Phi) is 4.04. The van der Waals surface area contributed by atoms with E-state index in [2.05, 4.69) is 21.8 Å². The Morgan fingerprint density at radius 3 is 2.89 bits per heavy atom. The van der Waals surface area contributed by atoms with Crippen molar-refractivity contribution in [2.75, 3.05) is 25.1 Å². The average molecular weight is 249 g/mol. The van der Waals surface area contributed by atoms with E-state index in [4.69, 9.17) is 9.84 Å². The monoisotopic (exact) mass is 249 g/mol. The average Bonchev–Trinajstić information content (AvgIpc) is 2.73. The molecule has 2 aromatic rings. The summed E-state index contributed by atoms with van der Waals surface area (Å²) in [6.07, 6.45) is 0. The predicted molar refractivity (Wildman–Crippen MR) is 72.2 cm³/mol. The Hall–Kier alpha value is -1.75. The molecule has 1 heterocycles. The van der Waals surface area contributed by atoms with E-state index in [-0.39, 0.29) is 6.61 Å². The number of imidazole rings is 1. The number of benzene rings is 1. The van der Waals surface area contributed by atoms with Gasteiger partial charge in [-0.15, -0.1) is 0 Å². The van der Waals surface area contributed by atoms with Gasteiger partial charge in [0, 0.05) is 19.2 Å². The first-order chi connectivity index (χ1) is 8.80. The molecule has 0 saturated carbocycles. The molecule has 0 atom stereocenters. The van der Waals surface area contributed by atoms with E-state index in [1.54, 1.807) is 0 Å². The van der Waals surface area contributed by atoms with E-state index in [9.17, 15) is 0 Å². The minimum absolute atomic E-state index is 0.0944. The molecule has 2 N–H and O–H groups in total. The maximum Gasteiger partial charge on any atom is 0.203 e. The molecular formula is C13H19N3O2. The fraction of sp³-hybridized carbons (Fsp3) is 0.462. The summed E-state index contributed by atoms with van der Waals surface area (Å²) in [7, 11) is 0. The van der Waals surface area contributed by atoms with E-state index in [0.29, 0.717) is 13.2 Å². The summed E-state index contributed by atoms with van der Waals surface area (Å²) in [4.78, 5) is 4.52. The largest absolute Gasteiger partial charge is 0.494 e. The third kappa shape index (κ3) is 2.41. The van der Waals surface area contributed by atoms with Crippen molar-refractivity contribution in [1.82, 2.24) is 9.55 Å². The van der Waals surface area contributed by atoms with Gasteiger partial charge < -0.3 is 19.7 Å². The first-order valence-corrected chi connectivity index (χ1v) is 6.28. The molecule has 0 spiro atoms. The zero-order valence-corrected chi connectivity index (χ0v) is 10.8. The highest BCUT2D eigenvalue weighted by Crippen LogP contribution is 2.24. The number of aliphatic hydroxyl groups excluding tert-OH is 1. The summed E-state index contributed by atoms with van der Waals surface area (Å²) in [6, 6.07) is 5.91. The number of aromatic nitrogens is 2. The lowest BCUT2D eigenvalue weighted by molar-refractivity contribution is 0.310. The minimum Gasteiger partial charge on any atom is -0.494 e. The van der Waals surface area contributed by atoms with Gasteiger partial charge in [-0.05, 0) is 26.0 Å². The van der Waals surface area contributed by atoms with Crippen LogP contribution in [-0.2, 0) is 6.54 Å². The predicted octanol–water partition coefficient (Wildman–Crippen LogP) is 1.86. The number of aryl methyl sites for hydroxylation is 1. The fourth-order valence-electron chi connectivity index (χ4n) is 1.99. The standard InChI is InChI=1S/C13H19N3O2/c1-3-16-12-6-5-10(18-4-2)9-11(12)15-13(16)14-7-8-17/h5-6,9,17H,3-4,7-8H2,1-2H3,(H,14,15). The Labute approximate surface area is 106 Å². The van der Waals surface area contributed by atoms with Gasteiger partial charge in [-0.25, -0.2) is 4.98 Å². The molecule has 0 unspecified atom stereocenters. The van der Waals surface area contributed by atoms with Crippen LogP contribution in [0.15, 0.2) is 18.2 Å². The Bertz CT molecular complexity index is 522. The number of nitrogens with zero attached hydrogens (tertiary/aromatic N) is 2. The van der Waals surface area contributed by atoms with Crippen molar-refractivity contribution < 1.29 is 9.84 Å². The SMILES string of the molecule is CCOc1ccc2c(c1)nc(NCCO)n2CC. The van der Waals surface area contributed by atoms with Gasteiger partial charge in [0.1, 0.15) is 5.75 Å². The lowest BCUT2D eigenvalue weighted by Gasteiger charge is -2.07. The van der Waals surface area contributed by atoms with Crippen LogP contribution in [0.2, 0.25) is 0 Å². The zero-order chi connectivity index (χ0) is 13.0. The number of ether oxygens (including phenoxy) is 1. The molecule has 0 saturated heterocycles. The highest BCUT2D eigenvalue weighted by molar-refractivity contribution is 5.80. The van der Waals surface area contributed by atoms with Crippen LogP contribution >= 0.6 is 0 Å². The fourth-order valence-corrected chi connectivity index (χ4v) is 1.99. The molecule has 5 nitrogen and oxygen atoms in total. The van der Waals surface area contributed by atoms with Crippen molar-refractivity contribution in [3.8, 4) is 5.75 Å². The molecule has 98 valence electrons. The summed E-state index contributed by atoms with van der Waals surface area (Å²) in [5, 5.41) is 12.0. The van der Waals surface area contributed by atoms with Crippen LogP contribution in [-0.4, -0.2) is 34.4 Å². The molecule has 1 aromatic heterocycles. The molecule has 0 bridgehead atoms. The van der Waals surface area contributed by atoms with Crippen molar-refractivity contribution in [3.05, 3.63) is 18.2 Å². The van der Waals surface area contributed by atoms with Crippen LogP contribution in [0.1, 0.15) is 13.8 Å². The second-order valence-corrected chi connectivity index (χ2v) is 3.91. The van der Waals surface area contributed by atoms with E-state index < -0.39 is 0 Å². The van der Waals surface area contributed by atoms with Crippen LogP contribution in [0.3, 0.4) is 0 Å². The van der Waals surface area contributed by atoms with Gasteiger partial charge in [-0.2, -0.15) is 0 Å². The Balaban J connectivity index is 2.40. The van der Waals surface area contributed by atoms with Crippen molar-refractivity contribution in [2.45, 2.75) is 20.4 Å². The van der Waals surface area contributed by atoms with E-state index >= 15 is 0 Å². The molecule has 2 rings (SSSR count). The highest BCUT2D eigenvalue weighted by atomic mass is 16.5. The molecule has 0 radical (unpaired) electrons. The Morgan fingerprint density at radius 1 is 1.39 bits per heavy atom. The van der Waals surface area contributed by atoms with Crippen molar-refractivity contribution in [3.63, 3.8) is 0 Å². The third-order valence-corrected chi connectivity index (χ3v) is 2.74. The lowest BCUT2D eigenvalue weighted by Crippen LogP contribution is -2.10. The van der Waals surface area contributed by atoms with E-state index in [0.717, 1.165) is 29.3 Å². The second-order valence-electron chi connectivity index (χ2n) is 3.91. The summed E-state index contributed by atoms with van der Waals surface area (Å²) in [5.41, 5.74) is 1.98. The van der Waals surface area contributed by atoms with Crippen LogP contribution in [0.4, 0.5) is 5.95 Å². The second kappa shape index (κ2) is 5.73.